The first-order chi connectivity index (χ1) is 11.8. The highest BCUT2D eigenvalue weighted by Crippen LogP contribution is 2.31. The summed E-state index contributed by atoms with van der Waals surface area (Å²) in [6, 6.07) is 15.3. The van der Waals surface area contributed by atoms with Crippen molar-refractivity contribution in [2.24, 2.45) is 0 Å². The Morgan fingerprint density at radius 1 is 1.04 bits per heavy atom. The van der Waals surface area contributed by atoms with Gasteiger partial charge in [0.05, 0.1) is 13.3 Å². The third-order valence-corrected chi connectivity index (χ3v) is 3.62. The van der Waals surface area contributed by atoms with Crippen molar-refractivity contribution in [2.45, 2.75) is 6.54 Å². The minimum atomic E-state index is 0.494. The van der Waals surface area contributed by atoms with Gasteiger partial charge in [0, 0.05) is 6.54 Å². The largest absolute Gasteiger partial charge is 0.493 e. The number of benzene rings is 2. The molecule has 3 aromatic rings. The second-order valence-electron chi connectivity index (χ2n) is 4.97. The Morgan fingerprint density at radius 2 is 1.79 bits per heavy atom. The lowest BCUT2D eigenvalue weighted by Gasteiger charge is -2.11. The SMILES string of the molecule is COc1ccccc1Oc1ccc(CNc2ncncc2Cl)cc1. The zero-order valence-corrected chi connectivity index (χ0v) is 13.8. The molecule has 6 heteroatoms. The van der Waals surface area contributed by atoms with Gasteiger partial charge < -0.3 is 14.8 Å². The molecule has 0 unspecified atom stereocenters. The summed E-state index contributed by atoms with van der Waals surface area (Å²) < 4.78 is 11.1. The Hall–Kier alpha value is -2.79. The van der Waals surface area contributed by atoms with Gasteiger partial charge in [-0.3, -0.25) is 0 Å². The van der Waals surface area contributed by atoms with E-state index in [9.17, 15) is 0 Å². The molecule has 2 aromatic carbocycles. The van der Waals surface area contributed by atoms with Crippen LogP contribution in [0.4, 0.5) is 5.82 Å². The van der Waals surface area contributed by atoms with E-state index < -0.39 is 0 Å². The Bertz CT molecular complexity index is 809. The number of anilines is 1. The third kappa shape index (κ3) is 3.94. The molecule has 0 saturated carbocycles. The molecule has 5 nitrogen and oxygen atoms in total. The van der Waals surface area contributed by atoms with Crippen LogP contribution in [-0.2, 0) is 6.54 Å². The number of nitrogens with zero attached hydrogens (tertiary/aromatic N) is 2. The zero-order valence-electron chi connectivity index (χ0n) is 13.1. The summed E-state index contributed by atoms with van der Waals surface area (Å²) >= 11 is 6.02. The Morgan fingerprint density at radius 3 is 2.50 bits per heavy atom. The van der Waals surface area contributed by atoms with Crippen LogP contribution in [0.3, 0.4) is 0 Å². The van der Waals surface area contributed by atoms with Crippen molar-refractivity contribution in [3.8, 4) is 17.2 Å². The van der Waals surface area contributed by atoms with Gasteiger partial charge in [-0.15, -0.1) is 0 Å². The van der Waals surface area contributed by atoms with Crippen molar-refractivity contribution in [1.82, 2.24) is 9.97 Å². The molecule has 0 fully saturated rings. The zero-order chi connectivity index (χ0) is 16.8. The monoisotopic (exact) mass is 341 g/mol. The number of hydrogen-bond donors (Lipinski definition) is 1. The fourth-order valence-corrected chi connectivity index (χ4v) is 2.31. The van der Waals surface area contributed by atoms with Gasteiger partial charge in [-0.1, -0.05) is 35.9 Å². The van der Waals surface area contributed by atoms with E-state index in [1.54, 1.807) is 13.3 Å². The number of methoxy groups -OCH3 is 1. The van der Waals surface area contributed by atoms with E-state index in [0.717, 1.165) is 11.3 Å². The molecule has 1 N–H and O–H groups in total. The van der Waals surface area contributed by atoms with Crippen LogP contribution in [0.1, 0.15) is 5.56 Å². The number of ether oxygens (including phenoxy) is 2. The molecule has 0 radical (unpaired) electrons. The number of halogens is 1. The highest BCUT2D eigenvalue weighted by atomic mass is 35.5. The van der Waals surface area contributed by atoms with E-state index in [4.69, 9.17) is 21.1 Å². The highest BCUT2D eigenvalue weighted by molar-refractivity contribution is 6.32. The second kappa shape index (κ2) is 7.66. The van der Waals surface area contributed by atoms with Crippen molar-refractivity contribution >= 4 is 17.4 Å². The van der Waals surface area contributed by atoms with Gasteiger partial charge in [0.2, 0.25) is 0 Å². The lowest BCUT2D eigenvalue weighted by atomic mass is 10.2. The molecule has 0 aliphatic rings. The lowest BCUT2D eigenvalue weighted by molar-refractivity contribution is 0.379. The fourth-order valence-electron chi connectivity index (χ4n) is 2.13. The van der Waals surface area contributed by atoms with Gasteiger partial charge in [0.1, 0.15) is 22.9 Å². The van der Waals surface area contributed by atoms with Gasteiger partial charge in [-0.25, -0.2) is 9.97 Å². The summed E-state index contributed by atoms with van der Waals surface area (Å²) in [5.41, 5.74) is 1.08. The van der Waals surface area contributed by atoms with Crippen LogP contribution in [0.25, 0.3) is 0 Å². The summed E-state index contributed by atoms with van der Waals surface area (Å²) in [7, 11) is 1.62. The van der Waals surface area contributed by atoms with Crippen LogP contribution in [0.5, 0.6) is 17.2 Å². The van der Waals surface area contributed by atoms with E-state index in [2.05, 4.69) is 15.3 Å². The van der Waals surface area contributed by atoms with Crippen LogP contribution in [0.2, 0.25) is 5.02 Å². The van der Waals surface area contributed by atoms with Crippen LogP contribution in [0, 0.1) is 0 Å². The molecular weight excluding hydrogens is 326 g/mol. The molecule has 0 saturated heterocycles. The van der Waals surface area contributed by atoms with Crippen molar-refractivity contribution in [3.05, 3.63) is 71.6 Å². The summed E-state index contributed by atoms with van der Waals surface area (Å²) in [5, 5.41) is 3.67. The van der Waals surface area contributed by atoms with E-state index in [0.29, 0.717) is 28.9 Å². The first kappa shape index (κ1) is 16.1. The first-order valence-corrected chi connectivity index (χ1v) is 7.73. The Kier molecular flexibility index (Phi) is 5.13. The number of para-hydroxylation sites is 2. The van der Waals surface area contributed by atoms with Crippen molar-refractivity contribution < 1.29 is 9.47 Å². The summed E-state index contributed by atoms with van der Waals surface area (Å²) in [6.07, 6.45) is 3.01. The predicted octanol–water partition coefficient (Wildman–Crippen LogP) is 4.54. The second-order valence-corrected chi connectivity index (χ2v) is 5.38. The summed E-state index contributed by atoms with van der Waals surface area (Å²) in [5.74, 6) is 2.73. The Balaban J connectivity index is 1.64. The molecule has 1 aromatic heterocycles. The number of hydrogen-bond acceptors (Lipinski definition) is 5. The van der Waals surface area contributed by atoms with E-state index in [-0.39, 0.29) is 0 Å². The Labute approximate surface area is 145 Å². The summed E-state index contributed by atoms with van der Waals surface area (Å²) in [6.45, 7) is 0.603. The number of nitrogens with one attached hydrogen (secondary N) is 1. The van der Waals surface area contributed by atoms with Gasteiger partial charge in [0.25, 0.3) is 0 Å². The molecule has 0 aliphatic heterocycles. The maximum Gasteiger partial charge on any atom is 0.169 e. The quantitative estimate of drug-likeness (QED) is 0.713. The van der Waals surface area contributed by atoms with Crippen LogP contribution in [-0.4, -0.2) is 17.1 Å². The smallest absolute Gasteiger partial charge is 0.169 e. The average Bonchev–Trinajstić information content (AvgIpc) is 2.63. The average molecular weight is 342 g/mol. The lowest BCUT2D eigenvalue weighted by Crippen LogP contribution is -2.02. The van der Waals surface area contributed by atoms with Crippen LogP contribution < -0.4 is 14.8 Å². The molecule has 122 valence electrons. The van der Waals surface area contributed by atoms with Crippen LogP contribution >= 0.6 is 11.6 Å². The summed E-state index contributed by atoms with van der Waals surface area (Å²) in [4.78, 5) is 7.95. The minimum absolute atomic E-state index is 0.494. The topological polar surface area (TPSA) is 56.3 Å². The molecule has 3 rings (SSSR count). The predicted molar refractivity (Wildman–Crippen MR) is 93.9 cm³/mol. The standard InChI is InChI=1S/C18H16ClN3O2/c1-23-16-4-2-3-5-17(16)24-14-8-6-13(7-9-14)10-21-18-15(19)11-20-12-22-18/h2-9,11-12H,10H2,1H3,(H,20,21,22). The molecule has 0 atom stereocenters. The van der Waals surface area contributed by atoms with Crippen molar-refractivity contribution in [3.63, 3.8) is 0 Å². The van der Waals surface area contributed by atoms with Gasteiger partial charge in [-0.05, 0) is 29.8 Å². The maximum atomic E-state index is 6.02. The number of rotatable bonds is 6. The molecule has 1 heterocycles. The van der Waals surface area contributed by atoms with E-state index >= 15 is 0 Å². The van der Waals surface area contributed by atoms with Crippen LogP contribution in [0.15, 0.2) is 61.1 Å². The van der Waals surface area contributed by atoms with Gasteiger partial charge in [-0.2, -0.15) is 0 Å². The van der Waals surface area contributed by atoms with Gasteiger partial charge >= 0.3 is 0 Å². The third-order valence-electron chi connectivity index (χ3n) is 3.35. The fraction of sp³-hybridized carbons (Fsp3) is 0.111. The highest BCUT2D eigenvalue weighted by Gasteiger charge is 2.05. The first-order valence-electron chi connectivity index (χ1n) is 7.35. The normalized spacial score (nSPS) is 10.2. The van der Waals surface area contributed by atoms with Crippen molar-refractivity contribution in [2.75, 3.05) is 12.4 Å². The number of aromatic nitrogens is 2. The molecule has 0 aliphatic carbocycles. The van der Waals surface area contributed by atoms with E-state index in [1.165, 1.54) is 6.33 Å². The molecule has 0 amide bonds. The molecule has 24 heavy (non-hydrogen) atoms. The minimum Gasteiger partial charge on any atom is -0.493 e. The van der Waals surface area contributed by atoms with Gasteiger partial charge in [0.15, 0.2) is 11.5 Å². The molecule has 0 spiro atoms. The molecular formula is C18H16ClN3O2. The molecule has 0 bridgehead atoms. The van der Waals surface area contributed by atoms with E-state index in [1.807, 2.05) is 48.5 Å². The maximum absolute atomic E-state index is 6.02. The van der Waals surface area contributed by atoms with Crippen molar-refractivity contribution in [1.29, 1.82) is 0 Å².